The van der Waals surface area contributed by atoms with Gasteiger partial charge in [-0.3, -0.25) is 19.2 Å². The second-order valence-corrected chi connectivity index (χ2v) is 41.1. The zero-order valence-corrected chi connectivity index (χ0v) is 83.5. The molecule has 4 bridgehead atoms. The monoisotopic (exact) mass is 1900 g/mol. The van der Waals surface area contributed by atoms with Gasteiger partial charge in [-0.2, -0.15) is 0 Å². The highest BCUT2D eigenvalue weighted by Crippen LogP contribution is 2.72. The first-order chi connectivity index (χ1) is 68.9. The molecule has 12 aromatic carbocycles. The first kappa shape index (κ1) is 96.2. The molecule has 728 valence electrons. The number of rotatable bonds is 41. The van der Waals surface area contributed by atoms with Crippen molar-refractivity contribution in [1.29, 1.82) is 0 Å². The number of aryl methyl sites for hydroxylation is 8. The number of aromatic nitrogens is 8. The Balaban J connectivity index is 0.547. The fourth-order valence-electron chi connectivity index (χ4n) is 23.5. The minimum atomic E-state index is -1.13. The number of benzene rings is 12. The molecular weight excluding hydrogens is 1760 g/mol. The number of para-hydroxylation sites is 4. The lowest BCUT2D eigenvalue weighted by atomic mass is 9.36. The standard InChI is InChI=1S/C118H132N20O4/c1-76-53-96-104(61-88(76)119)135(84-37-21-17-22-38-84)108-65-92(80(5)57-100(108)130-96)123-45-29-9-12-33-49-127-112(140)115-69-116(113(141)128-50-34-13-10-30-46-124-93-66-109-101(58-81(93)6)131-97-54-77(2)89(120)62-105(97)136(109)85-39-23-18-24-40-85)71-117(70-115,114(142)129-51-35-14-11-31-47-125-94-67-110-102(59-82(94)7)132-98-55-78(3)90(121)63-106(98)137(110)86-41-25-19-26-42-86)74-118(72-115,73-116)134(75-139)52-36-16-15-32-48-126-95-68-111-103(60-83(95)8)133-99-56-79(4)91(122)64-107(99)138(111)87-43-27-20-28-44-87/h17-28,37-44,53-68,75H,9-16,29-36,45-52,69-74H2,1-8H3,(H11,119,120,121,122,123,124,125,126,127,128,129,140,141,142)/p+4. The summed E-state index contributed by atoms with van der Waals surface area (Å²) in [5.74, 6) is -0.396. The fraction of sp³-hybridized carbons (Fsp3) is 0.356. The number of carbonyl (C=O) groups excluding carboxylic acids is 4. The maximum Gasteiger partial charge on any atom is 0.239 e. The number of nitrogen functional groups attached to an aromatic ring is 4. The number of nitrogens with one attached hydrogen (secondary N) is 7. The first-order valence-electron chi connectivity index (χ1n) is 51.4. The van der Waals surface area contributed by atoms with Gasteiger partial charge in [0.2, 0.25) is 91.0 Å². The maximum atomic E-state index is 16.1. The molecule has 4 amide bonds. The van der Waals surface area contributed by atoms with E-state index in [9.17, 15) is 4.79 Å². The Kier molecular flexibility index (Phi) is 27.9. The molecule has 0 unspecified atom stereocenters. The van der Waals surface area contributed by atoms with Gasteiger partial charge in [-0.1, -0.05) is 124 Å². The van der Waals surface area contributed by atoms with Gasteiger partial charge in [-0.15, -0.1) is 18.3 Å². The van der Waals surface area contributed by atoms with E-state index in [1.54, 1.807) is 0 Å². The average molecular weight is 1900 g/mol. The van der Waals surface area contributed by atoms with Crippen molar-refractivity contribution in [1.82, 2.24) is 40.8 Å². The lowest BCUT2D eigenvalue weighted by Crippen LogP contribution is -2.75. The zero-order chi connectivity index (χ0) is 98.6. The van der Waals surface area contributed by atoms with E-state index in [1.807, 2.05) is 81.1 Å². The maximum absolute atomic E-state index is 16.1. The molecule has 24 heteroatoms. The second kappa shape index (κ2) is 41.2. The van der Waals surface area contributed by atoms with Crippen LogP contribution in [0.15, 0.2) is 218 Å². The molecule has 4 heterocycles. The van der Waals surface area contributed by atoms with Crippen LogP contribution in [0.2, 0.25) is 0 Å². The molecule has 0 radical (unpaired) electrons. The number of carbonyl (C=O) groups is 4. The molecule has 4 aromatic heterocycles. The van der Waals surface area contributed by atoms with Gasteiger partial charge in [-0.05, 0) is 238 Å². The molecule has 4 saturated carbocycles. The third kappa shape index (κ3) is 19.6. The summed E-state index contributed by atoms with van der Waals surface area (Å²) in [7, 11) is 0. The second-order valence-electron chi connectivity index (χ2n) is 41.1. The Labute approximate surface area is 831 Å². The Hall–Kier alpha value is -14.7. The predicted octanol–water partition coefficient (Wildman–Crippen LogP) is 20.3. The molecule has 4 aliphatic rings. The lowest BCUT2D eigenvalue weighted by Gasteiger charge is -2.70. The molecule has 16 aromatic rings. The normalized spacial score (nSPS) is 17.0. The van der Waals surface area contributed by atoms with Crippen molar-refractivity contribution in [2.24, 2.45) is 16.2 Å². The van der Waals surface area contributed by atoms with Crippen LogP contribution in [-0.4, -0.2) is 107 Å². The highest BCUT2D eigenvalue weighted by molar-refractivity contribution is 5.96. The van der Waals surface area contributed by atoms with E-state index in [0.29, 0.717) is 74.6 Å². The van der Waals surface area contributed by atoms with E-state index < -0.39 is 21.8 Å². The Morgan fingerprint density at radius 2 is 0.493 bits per heavy atom. The van der Waals surface area contributed by atoms with Crippen molar-refractivity contribution in [2.45, 2.75) is 202 Å². The molecule has 15 N–H and O–H groups in total. The van der Waals surface area contributed by atoms with Gasteiger partial charge >= 0.3 is 0 Å². The van der Waals surface area contributed by atoms with Gasteiger partial charge < -0.3 is 65.1 Å². The van der Waals surface area contributed by atoms with E-state index in [4.69, 9.17) is 42.9 Å². The zero-order valence-electron chi connectivity index (χ0n) is 83.5. The minimum Gasteiger partial charge on any atom is -0.398 e. The number of hydrogen-bond acceptors (Lipinski definition) is 16. The third-order valence-corrected chi connectivity index (χ3v) is 30.7. The molecular formula is C118H136N20O4+4. The van der Waals surface area contributed by atoms with Crippen molar-refractivity contribution < 1.29 is 37.4 Å². The number of hydrogen-bond donors (Lipinski definition) is 11. The van der Waals surface area contributed by atoms with E-state index >= 15 is 14.4 Å². The smallest absolute Gasteiger partial charge is 0.239 e. The van der Waals surface area contributed by atoms with Crippen molar-refractivity contribution in [3.05, 3.63) is 263 Å². The molecule has 4 fully saturated rings. The number of nitrogens with zero attached hydrogens (tertiary/aromatic N) is 9. The number of nitrogens with two attached hydrogens (primary N) is 4. The largest absolute Gasteiger partial charge is 0.398 e. The van der Waals surface area contributed by atoms with Gasteiger partial charge in [0.25, 0.3) is 0 Å². The van der Waals surface area contributed by atoms with Crippen LogP contribution in [0.25, 0.3) is 111 Å². The molecule has 0 spiro atoms. The summed E-state index contributed by atoms with van der Waals surface area (Å²) in [6, 6.07) is 75.2. The highest BCUT2D eigenvalue weighted by atomic mass is 16.2. The van der Waals surface area contributed by atoms with Crippen molar-refractivity contribution in [2.75, 3.05) is 96.6 Å². The summed E-state index contributed by atoms with van der Waals surface area (Å²) >= 11 is 0. The SMILES string of the molecule is Cc1cc2nc3cc(C)c(NCCCCCCNC(=O)C45CC6(C(=O)NCCCCCCNc7cc8c(cc7C)nc7cc(C)c(N)cc7[n+]8-c7ccccc7)CC(C(=O)NCCCCCCNc7cc8c(cc7C)nc7cc(C)c(N)cc7[n+]8-c7ccccc7)(C4)CC(N(C=O)CCCCCCNc4cc7c(cc4C)nc4cc(C)c(N)cc4[n+]7-c4ccccc4)(C5)C6)cc3[n+](-c3ccccc3)c2cc1N. The first-order valence-corrected chi connectivity index (χ1v) is 51.4. The minimum absolute atomic E-state index is 0.132. The van der Waals surface area contributed by atoms with Gasteiger partial charge in [0.15, 0.2) is 0 Å². The van der Waals surface area contributed by atoms with Crippen LogP contribution < -0.4 is 78.4 Å². The summed E-state index contributed by atoms with van der Waals surface area (Å²) in [6.07, 6.45) is 16.6. The van der Waals surface area contributed by atoms with Crippen LogP contribution >= 0.6 is 0 Å². The van der Waals surface area contributed by atoms with Crippen LogP contribution in [0, 0.1) is 71.6 Å². The molecule has 20 rings (SSSR count). The summed E-state index contributed by atoms with van der Waals surface area (Å²) in [5.41, 5.74) is 56.0. The molecule has 0 saturated heterocycles. The summed E-state index contributed by atoms with van der Waals surface area (Å²) in [6.45, 7) is 21.3. The summed E-state index contributed by atoms with van der Waals surface area (Å²) in [5, 5.41) is 25.5. The van der Waals surface area contributed by atoms with E-state index in [0.717, 1.165) is 307 Å². The van der Waals surface area contributed by atoms with E-state index in [-0.39, 0.29) is 37.0 Å². The predicted molar refractivity (Wildman–Crippen MR) is 576 cm³/mol. The molecule has 24 nitrogen and oxygen atoms in total. The molecule has 0 atom stereocenters. The van der Waals surface area contributed by atoms with Gasteiger partial charge in [0, 0.05) is 200 Å². The van der Waals surface area contributed by atoms with Crippen molar-refractivity contribution >= 4 is 158 Å². The number of amides is 4. The highest BCUT2D eigenvalue weighted by Gasteiger charge is 2.75. The van der Waals surface area contributed by atoms with Crippen LogP contribution in [-0.2, 0) is 19.2 Å². The molecule has 0 aliphatic heterocycles. The van der Waals surface area contributed by atoms with E-state index in [1.165, 1.54) is 0 Å². The third-order valence-electron chi connectivity index (χ3n) is 30.7. The number of anilines is 8. The quantitative estimate of drug-likeness (QED) is 0.00558. The van der Waals surface area contributed by atoms with Crippen LogP contribution in [0.1, 0.15) is 186 Å². The van der Waals surface area contributed by atoms with Gasteiger partial charge in [0.1, 0.15) is 44.1 Å². The van der Waals surface area contributed by atoms with Crippen LogP contribution in [0.3, 0.4) is 0 Å². The summed E-state index contributed by atoms with van der Waals surface area (Å²) in [4.78, 5) is 85.2. The Morgan fingerprint density at radius 3 is 0.725 bits per heavy atom. The lowest BCUT2D eigenvalue weighted by molar-refractivity contribution is -0.538. The van der Waals surface area contributed by atoms with E-state index in [2.05, 4.69) is 253 Å². The van der Waals surface area contributed by atoms with Gasteiger partial charge in [-0.25, -0.2) is 19.9 Å². The molecule has 142 heavy (non-hydrogen) atoms. The van der Waals surface area contributed by atoms with Crippen molar-refractivity contribution in [3.8, 4) is 22.7 Å². The number of fused-ring (bicyclic) bond motifs is 8. The van der Waals surface area contributed by atoms with Crippen molar-refractivity contribution in [3.63, 3.8) is 0 Å². The molecule has 4 aliphatic carbocycles. The topological polar surface area (TPSA) is 327 Å². The van der Waals surface area contributed by atoms with Crippen LogP contribution in [0.5, 0.6) is 0 Å². The Bertz CT molecular complexity index is 6970. The van der Waals surface area contributed by atoms with Crippen LogP contribution in [0.4, 0.5) is 45.5 Å². The van der Waals surface area contributed by atoms with Gasteiger partial charge in [0.05, 0.1) is 16.2 Å². The number of unbranched alkanes of at least 4 members (excludes halogenated alkanes) is 12. The average Bonchev–Trinajstić information content (AvgIpc) is 0.666. The Morgan fingerprint density at radius 1 is 0.282 bits per heavy atom. The summed E-state index contributed by atoms with van der Waals surface area (Å²) < 4.78 is 8.99. The fourth-order valence-corrected chi connectivity index (χ4v) is 23.5.